The van der Waals surface area contributed by atoms with Gasteiger partial charge in [0.05, 0.1) is 11.6 Å². The summed E-state index contributed by atoms with van der Waals surface area (Å²) in [6, 6.07) is 11.5. The Balaban J connectivity index is 2.16. The number of anilines is 1. The highest BCUT2D eigenvalue weighted by Gasteiger charge is 2.06. The van der Waals surface area contributed by atoms with Gasteiger partial charge in [0.15, 0.2) is 0 Å². The van der Waals surface area contributed by atoms with Gasteiger partial charge in [-0.15, -0.1) is 11.8 Å². The fraction of sp³-hybridized carbons (Fsp3) is 0.0714. The Labute approximate surface area is 120 Å². The molecule has 0 saturated heterocycles. The largest absolute Gasteiger partial charge is 0.398 e. The van der Waals surface area contributed by atoms with Crippen molar-refractivity contribution in [2.24, 2.45) is 0 Å². The van der Waals surface area contributed by atoms with Crippen molar-refractivity contribution >= 4 is 29.1 Å². The molecule has 0 amide bonds. The molecule has 0 saturated carbocycles. The van der Waals surface area contributed by atoms with Crippen LogP contribution in [-0.2, 0) is 5.75 Å². The first-order chi connectivity index (χ1) is 9.10. The smallest absolute Gasteiger partial charge is 0.127 e. The highest BCUT2D eigenvalue weighted by Crippen LogP contribution is 2.30. The second-order valence-electron chi connectivity index (χ2n) is 3.89. The van der Waals surface area contributed by atoms with Gasteiger partial charge in [-0.1, -0.05) is 11.6 Å². The van der Waals surface area contributed by atoms with E-state index in [9.17, 15) is 4.39 Å². The summed E-state index contributed by atoms with van der Waals surface area (Å²) in [5, 5.41) is 9.37. The Bertz CT molecular complexity index is 652. The first-order valence-corrected chi connectivity index (χ1v) is 6.83. The van der Waals surface area contributed by atoms with Gasteiger partial charge in [-0.05, 0) is 42.0 Å². The van der Waals surface area contributed by atoms with Gasteiger partial charge in [0.1, 0.15) is 5.82 Å². The van der Waals surface area contributed by atoms with Crippen LogP contribution < -0.4 is 5.73 Å². The van der Waals surface area contributed by atoms with Crippen LogP contribution >= 0.6 is 23.4 Å². The molecule has 0 heterocycles. The van der Waals surface area contributed by atoms with Gasteiger partial charge < -0.3 is 5.73 Å². The standard InChI is InChI=1S/C14H10ClFN2S/c15-11-2-4-14(13(18)6-11)19-8-10-5-9(7-17)1-3-12(10)16/h1-6H,8,18H2. The molecular formula is C14H10ClFN2S. The summed E-state index contributed by atoms with van der Waals surface area (Å²) in [7, 11) is 0. The van der Waals surface area contributed by atoms with E-state index in [0.717, 1.165) is 4.90 Å². The second-order valence-corrected chi connectivity index (χ2v) is 5.34. The van der Waals surface area contributed by atoms with Crippen LogP contribution in [0.4, 0.5) is 10.1 Å². The molecular weight excluding hydrogens is 283 g/mol. The summed E-state index contributed by atoms with van der Waals surface area (Å²) in [6.07, 6.45) is 0. The first-order valence-electron chi connectivity index (χ1n) is 5.46. The minimum Gasteiger partial charge on any atom is -0.398 e. The number of nitrogens with two attached hydrogens (primary N) is 1. The number of thioether (sulfide) groups is 1. The van der Waals surface area contributed by atoms with Crippen molar-refractivity contribution in [2.45, 2.75) is 10.6 Å². The van der Waals surface area contributed by atoms with Crippen LogP contribution in [0, 0.1) is 17.1 Å². The predicted molar refractivity (Wildman–Crippen MR) is 76.5 cm³/mol. The highest BCUT2D eigenvalue weighted by molar-refractivity contribution is 7.98. The lowest BCUT2D eigenvalue weighted by molar-refractivity contribution is 0.617. The zero-order valence-corrected chi connectivity index (χ0v) is 11.4. The maximum Gasteiger partial charge on any atom is 0.127 e. The normalized spacial score (nSPS) is 10.2. The number of hydrogen-bond donors (Lipinski definition) is 1. The molecule has 0 aliphatic carbocycles. The summed E-state index contributed by atoms with van der Waals surface area (Å²) in [5.74, 6) is 0.0896. The summed E-state index contributed by atoms with van der Waals surface area (Å²) in [6.45, 7) is 0. The Hall–Kier alpha value is -1.70. The molecule has 2 aromatic carbocycles. The molecule has 96 valence electrons. The van der Waals surface area contributed by atoms with E-state index in [1.54, 1.807) is 24.3 Å². The summed E-state index contributed by atoms with van der Waals surface area (Å²) in [5.41, 5.74) is 7.32. The maximum absolute atomic E-state index is 13.6. The summed E-state index contributed by atoms with van der Waals surface area (Å²) < 4.78 is 13.6. The molecule has 0 radical (unpaired) electrons. The van der Waals surface area contributed by atoms with Crippen molar-refractivity contribution in [3.8, 4) is 6.07 Å². The maximum atomic E-state index is 13.6. The minimum atomic E-state index is -0.320. The van der Waals surface area contributed by atoms with Crippen LogP contribution in [-0.4, -0.2) is 0 Å². The van der Waals surface area contributed by atoms with Crippen molar-refractivity contribution in [1.82, 2.24) is 0 Å². The van der Waals surface area contributed by atoms with Crippen molar-refractivity contribution in [1.29, 1.82) is 5.26 Å². The quantitative estimate of drug-likeness (QED) is 0.680. The molecule has 2 aromatic rings. The monoisotopic (exact) mass is 292 g/mol. The van der Waals surface area contributed by atoms with Gasteiger partial charge in [-0.2, -0.15) is 5.26 Å². The van der Waals surface area contributed by atoms with E-state index in [1.807, 2.05) is 6.07 Å². The third kappa shape index (κ3) is 3.40. The van der Waals surface area contributed by atoms with Gasteiger partial charge in [-0.3, -0.25) is 0 Å². The number of hydrogen-bond acceptors (Lipinski definition) is 3. The lowest BCUT2D eigenvalue weighted by Gasteiger charge is -2.07. The van der Waals surface area contributed by atoms with Gasteiger partial charge in [0.2, 0.25) is 0 Å². The minimum absolute atomic E-state index is 0.320. The average Bonchev–Trinajstić information content (AvgIpc) is 2.39. The zero-order valence-electron chi connectivity index (χ0n) is 9.86. The molecule has 0 unspecified atom stereocenters. The van der Waals surface area contributed by atoms with E-state index in [-0.39, 0.29) is 5.82 Å². The fourth-order valence-electron chi connectivity index (χ4n) is 1.56. The Morgan fingerprint density at radius 1 is 1.26 bits per heavy atom. The van der Waals surface area contributed by atoms with E-state index in [1.165, 1.54) is 23.9 Å². The van der Waals surface area contributed by atoms with E-state index >= 15 is 0 Å². The number of rotatable bonds is 3. The van der Waals surface area contributed by atoms with Crippen LogP contribution in [0.3, 0.4) is 0 Å². The molecule has 19 heavy (non-hydrogen) atoms. The molecule has 0 fully saturated rings. The number of nitrogen functional groups attached to an aromatic ring is 1. The molecule has 2 N–H and O–H groups in total. The van der Waals surface area contributed by atoms with Gasteiger partial charge in [-0.25, -0.2) is 4.39 Å². The third-order valence-corrected chi connectivity index (χ3v) is 3.90. The van der Waals surface area contributed by atoms with Gasteiger partial charge in [0, 0.05) is 21.4 Å². The molecule has 0 aromatic heterocycles. The van der Waals surface area contributed by atoms with Crippen molar-refractivity contribution in [2.75, 3.05) is 5.73 Å². The number of nitrogens with zero attached hydrogens (tertiary/aromatic N) is 1. The first kappa shape index (κ1) is 13.7. The van der Waals surface area contributed by atoms with Gasteiger partial charge >= 0.3 is 0 Å². The lowest BCUT2D eigenvalue weighted by atomic mass is 10.1. The highest BCUT2D eigenvalue weighted by atomic mass is 35.5. The van der Waals surface area contributed by atoms with Crippen LogP contribution in [0.2, 0.25) is 5.02 Å². The van der Waals surface area contributed by atoms with E-state index in [4.69, 9.17) is 22.6 Å². The molecule has 0 bridgehead atoms. The molecule has 2 rings (SSSR count). The Kier molecular flexibility index (Phi) is 4.31. The second kappa shape index (κ2) is 5.96. The predicted octanol–water partition coefficient (Wildman–Crippen LogP) is 4.23. The van der Waals surface area contributed by atoms with Crippen molar-refractivity contribution in [3.63, 3.8) is 0 Å². The van der Waals surface area contributed by atoms with Crippen molar-refractivity contribution in [3.05, 3.63) is 58.4 Å². The number of nitriles is 1. The van der Waals surface area contributed by atoms with E-state index < -0.39 is 0 Å². The van der Waals surface area contributed by atoms with Gasteiger partial charge in [0.25, 0.3) is 0 Å². The zero-order chi connectivity index (χ0) is 13.8. The average molecular weight is 293 g/mol. The molecule has 0 spiro atoms. The van der Waals surface area contributed by atoms with Crippen LogP contribution in [0.1, 0.15) is 11.1 Å². The van der Waals surface area contributed by atoms with E-state index in [2.05, 4.69) is 0 Å². The SMILES string of the molecule is N#Cc1ccc(F)c(CSc2ccc(Cl)cc2N)c1. The molecule has 2 nitrogen and oxygen atoms in total. The Morgan fingerprint density at radius 3 is 2.74 bits per heavy atom. The topological polar surface area (TPSA) is 49.8 Å². The molecule has 0 aliphatic heterocycles. The molecule has 0 atom stereocenters. The van der Waals surface area contributed by atoms with Crippen LogP contribution in [0.15, 0.2) is 41.3 Å². The summed E-state index contributed by atoms with van der Waals surface area (Å²) in [4.78, 5) is 0.839. The summed E-state index contributed by atoms with van der Waals surface area (Å²) >= 11 is 7.22. The fourth-order valence-corrected chi connectivity index (χ4v) is 2.66. The Morgan fingerprint density at radius 2 is 2.05 bits per heavy atom. The third-order valence-electron chi connectivity index (χ3n) is 2.53. The van der Waals surface area contributed by atoms with Crippen LogP contribution in [0.25, 0.3) is 0 Å². The number of benzene rings is 2. The van der Waals surface area contributed by atoms with Crippen molar-refractivity contribution < 1.29 is 4.39 Å². The lowest BCUT2D eigenvalue weighted by Crippen LogP contribution is -1.92. The molecule has 5 heteroatoms. The number of halogens is 2. The van der Waals surface area contributed by atoms with E-state index in [0.29, 0.717) is 27.6 Å². The molecule has 0 aliphatic rings. The van der Waals surface area contributed by atoms with Crippen LogP contribution in [0.5, 0.6) is 0 Å².